The van der Waals surface area contributed by atoms with Crippen LogP contribution in [0.2, 0.25) is 0 Å². The lowest BCUT2D eigenvalue weighted by Gasteiger charge is -2.21. The quantitative estimate of drug-likeness (QED) is 0.706. The molecule has 1 heterocycles. The van der Waals surface area contributed by atoms with Crippen molar-refractivity contribution in [2.75, 3.05) is 6.54 Å². The van der Waals surface area contributed by atoms with Gasteiger partial charge in [0.1, 0.15) is 0 Å². The Morgan fingerprint density at radius 2 is 1.90 bits per heavy atom. The van der Waals surface area contributed by atoms with Crippen LogP contribution >= 0.6 is 31.9 Å². The number of hydrogen-bond acceptors (Lipinski definition) is 2. The summed E-state index contributed by atoms with van der Waals surface area (Å²) in [5.74, 6) is 0. The van der Waals surface area contributed by atoms with Crippen molar-refractivity contribution in [3.8, 4) is 0 Å². The molecule has 2 rings (SSSR count). The van der Waals surface area contributed by atoms with Crippen LogP contribution in [0, 0.1) is 6.92 Å². The molecule has 0 aliphatic carbocycles. The van der Waals surface area contributed by atoms with Crippen LogP contribution in [-0.4, -0.2) is 11.5 Å². The minimum absolute atomic E-state index is 0.288. The first-order valence-electron chi connectivity index (χ1n) is 7.20. The maximum absolute atomic E-state index is 4.51. The zero-order valence-corrected chi connectivity index (χ0v) is 15.5. The third-order valence-electron chi connectivity index (χ3n) is 3.46. The van der Waals surface area contributed by atoms with Crippen molar-refractivity contribution in [1.29, 1.82) is 0 Å². The standard InChI is InChI=1S/C17H20Br2N2/c1-3-8-20-17(10-15-7-6-14(19)11-21-15)16-9-13(18)5-4-12(16)2/h4-7,9,11,17,20H,3,8,10H2,1-2H3. The fourth-order valence-corrected chi connectivity index (χ4v) is 2.95. The maximum Gasteiger partial charge on any atom is 0.0423 e. The number of halogens is 2. The monoisotopic (exact) mass is 410 g/mol. The van der Waals surface area contributed by atoms with Gasteiger partial charge < -0.3 is 5.32 Å². The first-order valence-corrected chi connectivity index (χ1v) is 8.78. The number of aromatic nitrogens is 1. The average Bonchev–Trinajstić information content (AvgIpc) is 2.48. The third-order valence-corrected chi connectivity index (χ3v) is 4.42. The van der Waals surface area contributed by atoms with Crippen LogP contribution in [0.4, 0.5) is 0 Å². The SMILES string of the molecule is CCCNC(Cc1ccc(Br)cn1)c1cc(Br)ccc1C. The van der Waals surface area contributed by atoms with Crippen molar-refractivity contribution >= 4 is 31.9 Å². The molecule has 4 heteroatoms. The minimum atomic E-state index is 0.288. The predicted octanol–water partition coefficient (Wildman–Crippen LogP) is 5.20. The number of nitrogens with one attached hydrogen (secondary N) is 1. The summed E-state index contributed by atoms with van der Waals surface area (Å²) in [6, 6.07) is 10.9. The topological polar surface area (TPSA) is 24.9 Å². The number of rotatable bonds is 6. The zero-order valence-electron chi connectivity index (χ0n) is 12.4. The van der Waals surface area contributed by atoms with E-state index in [0.717, 1.165) is 34.0 Å². The highest BCUT2D eigenvalue weighted by Gasteiger charge is 2.15. The van der Waals surface area contributed by atoms with Crippen LogP contribution < -0.4 is 5.32 Å². The van der Waals surface area contributed by atoms with Crippen LogP contribution in [0.5, 0.6) is 0 Å². The Bertz CT molecular complexity index is 582. The number of nitrogens with zero attached hydrogens (tertiary/aromatic N) is 1. The molecule has 0 amide bonds. The molecule has 0 saturated heterocycles. The molecule has 1 aromatic carbocycles. The van der Waals surface area contributed by atoms with Gasteiger partial charge in [-0.05, 0) is 71.2 Å². The highest BCUT2D eigenvalue weighted by molar-refractivity contribution is 9.10. The van der Waals surface area contributed by atoms with Crippen molar-refractivity contribution < 1.29 is 0 Å². The summed E-state index contributed by atoms with van der Waals surface area (Å²) in [5.41, 5.74) is 3.75. The number of benzene rings is 1. The van der Waals surface area contributed by atoms with Crippen molar-refractivity contribution in [3.05, 3.63) is 62.3 Å². The molecule has 0 spiro atoms. The van der Waals surface area contributed by atoms with E-state index in [2.05, 4.69) is 80.3 Å². The van der Waals surface area contributed by atoms with Gasteiger partial charge in [-0.3, -0.25) is 4.98 Å². The van der Waals surface area contributed by atoms with Gasteiger partial charge in [0, 0.05) is 33.3 Å². The summed E-state index contributed by atoms with van der Waals surface area (Å²) >= 11 is 7.01. The lowest BCUT2D eigenvalue weighted by Crippen LogP contribution is -2.25. The number of hydrogen-bond donors (Lipinski definition) is 1. The van der Waals surface area contributed by atoms with Crippen molar-refractivity contribution in [3.63, 3.8) is 0 Å². The van der Waals surface area contributed by atoms with Gasteiger partial charge in [-0.2, -0.15) is 0 Å². The summed E-state index contributed by atoms with van der Waals surface area (Å²) in [6.45, 7) is 5.36. The zero-order chi connectivity index (χ0) is 15.2. The van der Waals surface area contributed by atoms with Crippen molar-refractivity contribution in [1.82, 2.24) is 10.3 Å². The molecule has 0 aliphatic heterocycles. The molecule has 112 valence electrons. The highest BCUT2D eigenvalue weighted by Crippen LogP contribution is 2.25. The van der Waals surface area contributed by atoms with Gasteiger partial charge >= 0.3 is 0 Å². The van der Waals surface area contributed by atoms with Crippen LogP contribution in [0.15, 0.2) is 45.5 Å². The van der Waals surface area contributed by atoms with Crippen LogP contribution in [-0.2, 0) is 6.42 Å². The van der Waals surface area contributed by atoms with Gasteiger partial charge in [-0.1, -0.05) is 28.9 Å². The minimum Gasteiger partial charge on any atom is -0.310 e. The summed E-state index contributed by atoms with van der Waals surface area (Å²) in [7, 11) is 0. The summed E-state index contributed by atoms with van der Waals surface area (Å²) < 4.78 is 2.14. The predicted molar refractivity (Wildman–Crippen MR) is 95.6 cm³/mol. The van der Waals surface area contributed by atoms with Gasteiger partial charge in [0.2, 0.25) is 0 Å². The van der Waals surface area contributed by atoms with E-state index >= 15 is 0 Å². The molecule has 1 atom stereocenters. The van der Waals surface area contributed by atoms with E-state index in [4.69, 9.17) is 0 Å². The van der Waals surface area contributed by atoms with E-state index in [1.807, 2.05) is 12.3 Å². The Morgan fingerprint density at radius 3 is 2.57 bits per heavy atom. The Balaban J connectivity index is 2.25. The van der Waals surface area contributed by atoms with E-state index in [-0.39, 0.29) is 6.04 Å². The molecule has 2 aromatic rings. The lowest BCUT2D eigenvalue weighted by molar-refractivity contribution is 0.522. The molecule has 21 heavy (non-hydrogen) atoms. The van der Waals surface area contributed by atoms with Gasteiger partial charge in [0.15, 0.2) is 0 Å². The van der Waals surface area contributed by atoms with Crippen LogP contribution in [0.3, 0.4) is 0 Å². The number of aryl methyl sites for hydroxylation is 1. The van der Waals surface area contributed by atoms with E-state index in [1.165, 1.54) is 11.1 Å². The summed E-state index contributed by atoms with van der Waals surface area (Å²) in [4.78, 5) is 4.51. The van der Waals surface area contributed by atoms with Crippen LogP contribution in [0.1, 0.15) is 36.2 Å². The van der Waals surface area contributed by atoms with Gasteiger partial charge in [-0.15, -0.1) is 0 Å². The van der Waals surface area contributed by atoms with E-state index in [9.17, 15) is 0 Å². The van der Waals surface area contributed by atoms with E-state index < -0.39 is 0 Å². The second kappa shape index (κ2) is 8.06. The summed E-state index contributed by atoms with van der Waals surface area (Å²) in [6.07, 6.45) is 3.88. The molecule has 0 radical (unpaired) electrons. The lowest BCUT2D eigenvalue weighted by atomic mass is 9.97. The first kappa shape index (κ1) is 16.7. The average molecular weight is 412 g/mol. The molecule has 2 nitrogen and oxygen atoms in total. The molecule has 0 saturated carbocycles. The fourth-order valence-electron chi connectivity index (χ4n) is 2.33. The summed E-state index contributed by atoms with van der Waals surface area (Å²) in [5, 5.41) is 3.64. The molecule has 0 fully saturated rings. The normalized spacial score (nSPS) is 12.4. The first-order chi connectivity index (χ1) is 10.1. The Hall–Kier alpha value is -0.710. The molecular formula is C17H20Br2N2. The molecule has 1 N–H and O–H groups in total. The Labute approximate surface area is 143 Å². The number of pyridine rings is 1. The maximum atomic E-state index is 4.51. The largest absolute Gasteiger partial charge is 0.310 e. The highest BCUT2D eigenvalue weighted by atomic mass is 79.9. The molecule has 0 aliphatic rings. The van der Waals surface area contributed by atoms with Gasteiger partial charge in [0.05, 0.1) is 0 Å². The van der Waals surface area contributed by atoms with Crippen LogP contribution in [0.25, 0.3) is 0 Å². The van der Waals surface area contributed by atoms with E-state index in [1.54, 1.807) is 0 Å². The molecule has 1 unspecified atom stereocenters. The smallest absolute Gasteiger partial charge is 0.0423 e. The molecular weight excluding hydrogens is 392 g/mol. The van der Waals surface area contributed by atoms with Gasteiger partial charge in [0.25, 0.3) is 0 Å². The molecule has 1 aromatic heterocycles. The molecule has 0 bridgehead atoms. The van der Waals surface area contributed by atoms with Crippen molar-refractivity contribution in [2.45, 2.75) is 32.7 Å². The Kier molecular flexibility index (Phi) is 6.40. The van der Waals surface area contributed by atoms with E-state index in [0.29, 0.717) is 0 Å². The van der Waals surface area contributed by atoms with Crippen molar-refractivity contribution in [2.24, 2.45) is 0 Å². The van der Waals surface area contributed by atoms with Gasteiger partial charge in [-0.25, -0.2) is 0 Å². The fraction of sp³-hybridized carbons (Fsp3) is 0.353. The Morgan fingerprint density at radius 1 is 1.14 bits per heavy atom. The third kappa shape index (κ3) is 4.90. The second-order valence-electron chi connectivity index (χ2n) is 5.18. The second-order valence-corrected chi connectivity index (χ2v) is 7.01.